The predicted molar refractivity (Wildman–Crippen MR) is 117 cm³/mol. The monoisotopic (exact) mass is 436 g/mol. The van der Waals surface area contributed by atoms with Gasteiger partial charge in [-0.05, 0) is 25.0 Å². The number of carbonyl (C=O) groups is 4. The van der Waals surface area contributed by atoms with Crippen LogP contribution in [0.2, 0.25) is 0 Å². The normalized spacial score (nSPS) is 11.6. The summed E-state index contributed by atoms with van der Waals surface area (Å²) in [4.78, 5) is 48.5. The van der Waals surface area contributed by atoms with Crippen LogP contribution < -0.4 is 5.32 Å². The van der Waals surface area contributed by atoms with Crippen LogP contribution in [0.25, 0.3) is 10.9 Å². The topological polar surface area (TPSA) is 104 Å². The van der Waals surface area contributed by atoms with E-state index in [0.717, 1.165) is 5.56 Å². The lowest BCUT2D eigenvalue weighted by molar-refractivity contribution is -0.149. The van der Waals surface area contributed by atoms with E-state index in [-0.39, 0.29) is 12.3 Å². The molecule has 0 saturated carbocycles. The van der Waals surface area contributed by atoms with Crippen molar-refractivity contribution in [3.8, 4) is 0 Å². The maximum atomic E-state index is 12.3. The number of amides is 1. The van der Waals surface area contributed by atoms with E-state index in [9.17, 15) is 19.2 Å². The smallest absolute Gasteiger partial charge is 0.340 e. The number of fused-ring (bicyclic) bond motifs is 1. The average Bonchev–Trinajstić information content (AvgIpc) is 3.16. The molecule has 8 nitrogen and oxygen atoms in total. The molecule has 1 amide bonds. The molecular formula is C24H24N2O6. The Balaban J connectivity index is 1.59. The number of esters is 2. The molecule has 0 aliphatic carbocycles. The van der Waals surface area contributed by atoms with Crippen LogP contribution in [0.5, 0.6) is 0 Å². The van der Waals surface area contributed by atoms with Gasteiger partial charge in [0.25, 0.3) is 5.91 Å². The number of Topliss-reactive ketones (excluding diaryl/α,β-unsaturated/α-hetero) is 1. The number of para-hydroxylation sites is 1. The van der Waals surface area contributed by atoms with Crippen LogP contribution in [0.4, 0.5) is 0 Å². The molecule has 2 aromatic carbocycles. The summed E-state index contributed by atoms with van der Waals surface area (Å²) in [5.74, 6) is -1.93. The van der Waals surface area contributed by atoms with Crippen molar-refractivity contribution in [2.75, 3.05) is 13.7 Å². The van der Waals surface area contributed by atoms with E-state index in [1.54, 1.807) is 28.8 Å². The van der Waals surface area contributed by atoms with Crippen molar-refractivity contribution in [2.24, 2.45) is 0 Å². The fraction of sp³-hybridized carbons (Fsp3) is 0.250. The third-order valence-corrected chi connectivity index (χ3v) is 4.97. The first kappa shape index (κ1) is 22.7. The summed E-state index contributed by atoms with van der Waals surface area (Å²) < 4.78 is 11.4. The third-order valence-electron chi connectivity index (χ3n) is 4.97. The van der Waals surface area contributed by atoms with Gasteiger partial charge in [0.2, 0.25) is 0 Å². The number of aromatic nitrogens is 1. The number of hydrogen-bond acceptors (Lipinski definition) is 6. The van der Waals surface area contributed by atoms with Crippen LogP contribution in [0.15, 0.2) is 60.8 Å². The summed E-state index contributed by atoms with van der Waals surface area (Å²) in [6, 6.07) is 15.7. The lowest BCUT2D eigenvalue weighted by Crippen LogP contribution is -2.43. The number of ether oxygens (including phenoxy) is 2. The Kier molecular flexibility index (Phi) is 7.38. The quantitative estimate of drug-likeness (QED) is 0.516. The van der Waals surface area contributed by atoms with Crippen molar-refractivity contribution in [3.05, 3.63) is 71.9 Å². The Morgan fingerprint density at radius 1 is 1.00 bits per heavy atom. The molecule has 166 valence electrons. The average molecular weight is 436 g/mol. The van der Waals surface area contributed by atoms with Gasteiger partial charge in [-0.2, -0.15) is 0 Å². The van der Waals surface area contributed by atoms with Gasteiger partial charge in [0.1, 0.15) is 6.54 Å². The second-order valence-electron chi connectivity index (χ2n) is 7.26. The highest BCUT2D eigenvalue weighted by Crippen LogP contribution is 2.22. The summed E-state index contributed by atoms with van der Waals surface area (Å²) in [6.45, 7) is 0.696. The van der Waals surface area contributed by atoms with Crippen molar-refractivity contribution in [1.82, 2.24) is 9.88 Å². The van der Waals surface area contributed by atoms with E-state index in [1.165, 1.54) is 20.2 Å². The first-order valence-electron chi connectivity index (χ1n) is 10.0. The van der Waals surface area contributed by atoms with Crippen molar-refractivity contribution in [1.29, 1.82) is 0 Å². The van der Waals surface area contributed by atoms with Gasteiger partial charge < -0.3 is 19.4 Å². The molecule has 8 heteroatoms. The van der Waals surface area contributed by atoms with Gasteiger partial charge in [0, 0.05) is 17.1 Å². The van der Waals surface area contributed by atoms with E-state index < -0.39 is 30.5 Å². The molecule has 3 aromatic rings. The zero-order chi connectivity index (χ0) is 23.1. The van der Waals surface area contributed by atoms with E-state index >= 15 is 0 Å². The van der Waals surface area contributed by atoms with Crippen LogP contribution in [0.1, 0.15) is 22.8 Å². The predicted octanol–water partition coefficient (Wildman–Crippen LogP) is 2.29. The summed E-state index contributed by atoms with van der Waals surface area (Å²) in [7, 11) is 1.29. The van der Waals surface area contributed by atoms with Crippen LogP contribution in [-0.2, 0) is 36.8 Å². The number of rotatable bonds is 9. The van der Waals surface area contributed by atoms with Crippen LogP contribution in [-0.4, -0.2) is 48.0 Å². The van der Waals surface area contributed by atoms with Gasteiger partial charge >= 0.3 is 11.9 Å². The molecule has 0 aliphatic rings. The molecule has 1 atom stereocenters. The number of ketones is 1. The first-order valence-corrected chi connectivity index (χ1v) is 10.0. The van der Waals surface area contributed by atoms with Crippen molar-refractivity contribution in [3.63, 3.8) is 0 Å². The minimum atomic E-state index is -0.709. The second kappa shape index (κ2) is 10.4. The molecule has 0 radical (unpaired) electrons. The number of nitrogens with one attached hydrogen (secondary N) is 1. The van der Waals surface area contributed by atoms with Crippen molar-refractivity contribution < 1.29 is 28.7 Å². The molecule has 1 N–H and O–H groups in total. The van der Waals surface area contributed by atoms with Gasteiger partial charge in [-0.1, -0.05) is 48.5 Å². The Morgan fingerprint density at radius 3 is 2.38 bits per heavy atom. The van der Waals surface area contributed by atoms with E-state index in [4.69, 9.17) is 9.47 Å². The maximum absolute atomic E-state index is 12.3. The Bertz CT molecular complexity index is 1140. The van der Waals surface area contributed by atoms with Gasteiger partial charge in [-0.25, -0.2) is 4.79 Å². The number of carbonyl (C=O) groups excluding carboxylic acids is 4. The van der Waals surface area contributed by atoms with Gasteiger partial charge in [-0.3, -0.25) is 14.4 Å². The highest BCUT2D eigenvalue weighted by atomic mass is 16.5. The fourth-order valence-electron chi connectivity index (χ4n) is 3.36. The second-order valence-corrected chi connectivity index (χ2v) is 7.26. The Labute approximate surface area is 185 Å². The third kappa shape index (κ3) is 5.60. The SMILES string of the molecule is COC(=O)c1cn(CC(=O)OCC(=O)NC(Cc2ccccc2)C(C)=O)c2ccccc12. The first-order chi connectivity index (χ1) is 15.4. The van der Waals surface area contributed by atoms with Crippen LogP contribution in [0.3, 0.4) is 0 Å². The van der Waals surface area contributed by atoms with E-state index in [0.29, 0.717) is 22.9 Å². The molecule has 1 unspecified atom stereocenters. The van der Waals surface area contributed by atoms with Crippen molar-refractivity contribution >= 4 is 34.5 Å². The number of benzene rings is 2. The Hall–Kier alpha value is -3.94. The molecule has 0 aliphatic heterocycles. The molecule has 1 heterocycles. The molecule has 0 saturated heterocycles. The van der Waals surface area contributed by atoms with Crippen LogP contribution in [0, 0.1) is 0 Å². The van der Waals surface area contributed by atoms with Gasteiger partial charge in [-0.15, -0.1) is 0 Å². The molecule has 0 fully saturated rings. The molecule has 0 bridgehead atoms. The molecule has 0 spiro atoms. The number of methoxy groups -OCH3 is 1. The zero-order valence-electron chi connectivity index (χ0n) is 17.9. The minimum Gasteiger partial charge on any atom is -0.465 e. The lowest BCUT2D eigenvalue weighted by atomic mass is 10.0. The maximum Gasteiger partial charge on any atom is 0.340 e. The summed E-state index contributed by atoms with van der Waals surface area (Å²) in [5.41, 5.74) is 1.90. The molecule has 3 rings (SSSR count). The van der Waals surface area contributed by atoms with E-state index in [1.807, 2.05) is 30.3 Å². The van der Waals surface area contributed by atoms with Crippen molar-refractivity contribution in [2.45, 2.75) is 25.9 Å². The highest BCUT2D eigenvalue weighted by molar-refractivity contribution is 6.04. The largest absolute Gasteiger partial charge is 0.465 e. The van der Waals surface area contributed by atoms with Crippen LogP contribution >= 0.6 is 0 Å². The molecule has 32 heavy (non-hydrogen) atoms. The van der Waals surface area contributed by atoms with E-state index in [2.05, 4.69) is 5.32 Å². The van der Waals surface area contributed by atoms with Gasteiger partial charge in [0.05, 0.1) is 18.7 Å². The standard InChI is InChI=1S/C24H24N2O6/c1-16(27)20(12-17-8-4-3-5-9-17)25-22(28)15-32-23(29)14-26-13-19(24(30)31-2)18-10-6-7-11-21(18)26/h3-11,13,20H,12,14-15H2,1-2H3,(H,25,28). The number of nitrogens with zero attached hydrogens (tertiary/aromatic N) is 1. The Morgan fingerprint density at radius 2 is 1.69 bits per heavy atom. The fourth-order valence-corrected chi connectivity index (χ4v) is 3.36. The summed E-state index contributed by atoms with van der Waals surface area (Å²) >= 11 is 0. The van der Waals surface area contributed by atoms with Gasteiger partial charge in [0.15, 0.2) is 12.4 Å². The lowest BCUT2D eigenvalue weighted by Gasteiger charge is -2.16. The highest BCUT2D eigenvalue weighted by Gasteiger charge is 2.20. The minimum absolute atomic E-state index is 0.190. The number of hydrogen-bond donors (Lipinski definition) is 1. The zero-order valence-corrected chi connectivity index (χ0v) is 17.9. The summed E-state index contributed by atoms with van der Waals surface area (Å²) in [5, 5.41) is 3.26. The summed E-state index contributed by atoms with van der Waals surface area (Å²) in [6.07, 6.45) is 1.87. The molecular weight excluding hydrogens is 412 g/mol. The molecule has 1 aromatic heterocycles.